The van der Waals surface area contributed by atoms with E-state index in [9.17, 15) is 4.79 Å². The number of hydrogen-bond donors (Lipinski definition) is 3. The molecule has 1 unspecified atom stereocenters. The molecule has 94 valence electrons. The fourth-order valence-electron chi connectivity index (χ4n) is 1.29. The van der Waals surface area contributed by atoms with Crippen molar-refractivity contribution in [3.8, 4) is 0 Å². The lowest BCUT2D eigenvalue weighted by molar-refractivity contribution is -0.121. The van der Waals surface area contributed by atoms with E-state index in [1.807, 2.05) is 13.0 Å². The van der Waals surface area contributed by atoms with E-state index in [1.54, 1.807) is 23.9 Å². The van der Waals surface area contributed by atoms with Gasteiger partial charge in [-0.25, -0.2) is 5.84 Å². The Balaban J connectivity index is 2.52. The summed E-state index contributed by atoms with van der Waals surface area (Å²) in [6, 6.07) is 5.37. The molecule has 0 heterocycles. The molecule has 0 aliphatic heterocycles. The SMILES string of the molecule is CC(CCC(=O)NN)Sc1cc(Cl)ccc1N. The van der Waals surface area contributed by atoms with Gasteiger partial charge in [-0.3, -0.25) is 10.2 Å². The molecule has 1 aromatic rings. The van der Waals surface area contributed by atoms with Crippen molar-refractivity contribution >= 4 is 35.0 Å². The maximum absolute atomic E-state index is 11.0. The number of hydrogen-bond acceptors (Lipinski definition) is 4. The van der Waals surface area contributed by atoms with E-state index in [0.717, 1.165) is 11.3 Å². The lowest BCUT2D eigenvalue weighted by Crippen LogP contribution is -2.30. The van der Waals surface area contributed by atoms with E-state index in [2.05, 4.69) is 5.43 Å². The molecule has 0 aromatic heterocycles. The molecule has 4 nitrogen and oxygen atoms in total. The van der Waals surface area contributed by atoms with Crippen molar-refractivity contribution < 1.29 is 4.79 Å². The van der Waals surface area contributed by atoms with Crippen molar-refractivity contribution in [2.75, 3.05) is 5.73 Å². The average Bonchev–Trinajstić information content (AvgIpc) is 2.30. The number of halogens is 1. The van der Waals surface area contributed by atoms with Gasteiger partial charge in [-0.05, 0) is 24.6 Å². The summed E-state index contributed by atoms with van der Waals surface area (Å²) in [5.41, 5.74) is 8.66. The number of carbonyl (C=O) groups is 1. The van der Waals surface area contributed by atoms with Crippen molar-refractivity contribution in [1.82, 2.24) is 5.43 Å². The highest BCUT2D eigenvalue weighted by molar-refractivity contribution is 8.00. The number of rotatable bonds is 5. The summed E-state index contributed by atoms with van der Waals surface area (Å²) in [7, 11) is 0. The second kappa shape index (κ2) is 6.74. The Morgan fingerprint density at radius 2 is 2.29 bits per heavy atom. The molecule has 0 aliphatic rings. The molecule has 1 atom stereocenters. The van der Waals surface area contributed by atoms with Gasteiger partial charge in [0, 0.05) is 27.3 Å². The maximum Gasteiger partial charge on any atom is 0.233 e. The number of benzene rings is 1. The summed E-state index contributed by atoms with van der Waals surface area (Å²) in [6.45, 7) is 2.04. The van der Waals surface area contributed by atoms with Gasteiger partial charge in [0.15, 0.2) is 0 Å². The standard InChI is InChI=1S/C11H16ClN3OS/c1-7(2-5-11(16)15-14)17-10-6-8(12)3-4-9(10)13/h3-4,6-7H,2,5,13-14H2,1H3,(H,15,16). The molecule has 0 fully saturated rings. The van der Waals surface area contributed by atoms with Gasteiger partial charge in [-0.1, -0.05) is 18.5 Å². The van der Waals surface area contributed by atoms with Crippen molar-refractivity contribution in [1.29, 1.82) is 0 Å². The molecule has 0 radical (unpaired) electrons. The van der Waals surface area contributed by atoms with Crippen molar-refractivity contribution in [3.63, 3.8) is 0 Å². The van der Waals surface area contributed by atoms with Crippen molar-refractivity contribution in [2.24, 2.45) is 5.84 Å². The van der Waals surface area contributed by atoms with Crippen LogP contribution in [0.1, 0.15) is 19.8 Å². The average molecular weight is 274 g/mol. The number of amides is 1. The van der Waals surface area contributed by atoms with Crippen molar-refractivity contribution in [3.05, 3.63) is 23.2 Å². The number of nitrogen functional groups attached to an aromatic ring is 1. The zero-order valence-corrected chi connectivity index (χ0v) is 11.1. The molecule has 0 aliphatic carbocycles. The zero-order chi connectivity index (χ0) is 12.8. The number of anilines is 1. The minimum Gasteiger partial charge on any atom is -0.398 e. The number of thioether (sulfide) groups is 1. The third-order valence-electron chi connectivity index (χ3n) is 2.24. The minimum atomic E-state index is -0.156. The van der Waals surface area contributed by atoms with Crippen LogP contribution in [0.25, 0.3) is 0 Å². The van der Waals surface area contributed by atoms with Crippen LogP contribution in [0.2, 0.25) is 5.02 Å². The van der Waals surface area contributed by atoms with Gasteiger partial charge in [-0.2, -0.15) is 0 Å². The van der Waals surface area contributed by atoms with E-state index in [4.69, 9.17) is 23.2 Å². The van der Waals surface area contributed by atoms with Crippen LogP contribution >= 0.6 is 23.4 Å². The van der Waals surface area contributed by atoms with Crippen LogP contribution in [-0.2, 0) is 4.79 Å². The van der Waals surface area contributed by atoms with Crippen LogP contribution in [-0.4, -0.2) is 11.2 Å². The van der Waals surface area contributed by atoms with Gasteiger partial charge >= 0.3 is 0 Å². The van der Waals surface area contributed by atoms with E-state index >= 15 is 0 Å². The Kier molecular flexibility index (Phi) is 5.61. The second-order valence-electron chi connectivity index (χ2n) is 3.72. The molecule has 17 heavy (non-hydrogen) atoms. The van der Waals surface area contributed by atoms with Gasteiger partial charge in [0.1, 0.15) is 0 Å². The summed E-state index contributed by atoms with van der Waals surface area (Å²) >= 11 is 7.51. The van der Waals surface area contributed by atoms with Gasteiger partial charge in [0.25, 0.3) is 0 Å². The van der Waals surface area contributed by atoms with Crippen LogP contribution in [0.15, 0.2) is 23.1 Å². The first-order valence-electron chi connectivity index (χ1n) is 5.24. The van der Waals surface area contributed by atoms with Crippen LogP contribution in [0.5, 0.6) is 0 Å². The molecule has 0 bridgehead atoms. The zero-order valence-electron chi connectivity index (χ0n) is 9.57. The number of hydrazine groups is 1. The smallest absolute Gasteiger partial charge is 0.233 e. The Hall–Kier alpha value is -0.910. The number of nitrogens with one attached hydrogen (secondary N) is 1. The highest BCUT2D eigenvalue weighted by atomic mass is 35.5. The molecule has 0 spiro atoms. The highest BCUT2D eigenvalue weighted by Gasteiger charge is 2.09. The normalized spacial score (nSPS) is 12.2. The minimum absolute atomic E-state index is 0.156. The Labute approximate surface area is 110 Å². The third-order valence-corrected chi connectivity index (χ3v) is 3.72. The molecule has 6 heteroatoms. The van der Waals surface area contributed by atoms with Crippen molar-refractivity contribution in [2.45, 2.75) is 29.9 Å². The summed E-state index contributed by atoms with van der Waals surface area (Å²) in [4.78, 5) is 11.9. The van der Waals surface area contributed by atoms with E-state index < -0.39 is 0 Å². The lowest BCUT2D eigenvalue weighted by atomic mass is 10.2. The van der Waals surface area contributed by atoms with Crippen LogP contribution in [0, 0.1) is 0 Å². The fourth-order valence-corrected chi connectivity index (χ4v) is 2.60. The second-order valence-corrected chi connectivity index (χ2v) is 5.63. The van der Waals surface area contributed by atoms with Crippen LogP contribution < -0.4 is 17.0 Å². The molecule has 0 saturated carbocycles. The summed E-state index contributed by atoms with van der Waals surface area (Å²) in [5.74, 6) is 4.86. The van der Waals surface area contributed by atoms with Gasteiger partial charge < -0.3 is 5.73 Å². The summed E-state index contributed by atoms with van der Waals surface area (Å²) in [6.07, 6.45) is 1.14. The Bertz CT molecular complexity index is 400. The number of nitrogens with two attached hydrogens (primary N) is 2. The fraction of sp³-hybridized carbons (Fsp3) is 0.364. The van der Waals surface area contributed by atoms with Crippen LogP contribution in [0.4, 0.5) is 5.69 Å². The van der Waals surface area contributed by atoms with Gasteiger partial charge in [-0.15, -0.1) is 11.8 Å². The van der Waals surface area contributed by atoms with E-state index in [0.29, 0.717) is 17.1 Å². The molecule has 1 amide bonds. The first kappa shape index (κ1) is 14.2. The molecular formula is C11H16ClN3OS. The number of carbonyl (C=O) groups excluding carboxylic acids is 1. The quantitative estimate of drug-likeness (QED) is 0.252. The molecule has 1 rings (SSSR count). The first-order valence-corrected chi connectivity index (χ1v) is 6.50. The molecule has 1 aromatic carbocycles. The maximum atomic E-state index is 11.0. The monoisotopic (exact) mass is 273 g/mol. The molecular weight excluding hydrogens is 258 g/mol. The third kappa shape index (κ3) is 4.85. The topological polar surface area (TPSA) is 81.1 Å². The lowest BCUT2D eigenvalue weighted by Gasteiger charge is -2.12. The van der Waals surface area contributed by atoms with Gasteiger partial charge in [0.05, 0.1) is 0 Å². The first-order chi connectivity index (χ1) is 8.02. The van der Waals surface area contributed by atoms with E-state index in [1.165, 1.54) is 0 Å². The Morgan fingerprint density at radius 1 is 1.59 bits per heavy atom. The summed E-state index contributed by atoms with van der Waals surface area (Å²) in [5, 5.41) is 0.932. The largest absolute Gasteiger partial charge is 0.398 e. The Morgan fingerprint density at radius 3 is 2.94 bits per heavy atom. The van der Waals surface area contributed by atoms with E-state index in [-0.39, 0.29) is 11.2 Å². The molecule has 0 saturated heterocycles. The highest BCUT2D eigenvalue weighted by Crippen LogP contribution is 2.32. The summed E-state index contributed by atoms with van der Waals surface area (Å²) < 4.78 is 0. The van der Waals surface area contributed by atoms with Gasteiger partial charge in [0.2, 0.25) is 5.91 Å². The van der Waals surface area contributed by atoms with Crippen LogP contribution in [0.3, 0.4) is 0 Å². The predicted molar refractivity (Wildman–Crippen MR) is 72.7 cm³/mol. The molecule has 5 N–H and O–H groups in total. The predicted octanol–water partition coefficient (Wildman–Crippen LogP) is 2.17.